The van der Waals surface area contributed by atoms with Gasteiger partial charge in [-0.1, -0.05) is 30.3 Å². The molecule has 2 aromatic rings. The van der Waals surface area contributed by atoms with E-state index in [1.54, 1.807) is 6.07 Å². The van der Waals surface area contributed by atoms with Crippen molar-refractivity contribution in [1.82, 2.24) is 0 Å². The molecule has 0 aliphatic heterocycles. The zero-order valence-corrected chi connectivity index (χ0v) is 8.85. The first kappa shape index (κ1) is 10.5. The van der Waals surface area contributed by atoms with Crippen molar-refractivity contribution in [2.45, 2.75) is 6.61 Å². The largest absolute Gasteiger partial charge is 0.398 e. The summed E-state index contributed by atoms with van der Waals surface area (Å²) >= 11 is 0. The van der Waals surface area contributed by atoms with E-state index >= 15 is 0 Å². The molecule has 0 radical (unpaired) electrons. The number of benzene rings is 2. The number of nitrogens with two attached hydrogens (primary N) is 2. The van der Waals surface area contributed by atoms with Crippen LogP contribution in [0.1, 0.15) is 5.56 Å². The summed E-state index contributed by atoms with van der Waals surface area (Å²) in [6.45, 7) is -0.0870. The van der Waals surface area contributed by atoms with Gasteiger partial charge in [0.1, 0.15) is 0 Å². The molecule has 0 saturated carbocycles. The monoisotopic (exact) mass is 214 g/mol. The van der Waals surface area contributed by atoms with Gasteiger partial charge >= 0.3 is 0 Å². The van der Waals surface area contributed by atoms with Crippen LogP contribution in [0.2, 0.25) is 0 Å². The van der Waals surface area contributed by atoms with Crippen molar-refractivity contribution in [2.24, 2.45) is 0 Å². The van der Waals surface area contributed by atoms with Crippen molar-refractivity contribution in [3.8, 4) is 11.1 Å². The molecule has 16 heavy (non-hydrogen) atoms. The average Bonchev–Trinajstić information content (AvgIpc) is 2.29. The van der Waals surface area contributed by atoms with Gasteiger partial charge in [0.25, 0.3) is 0 Å². The number of rotatable bonds is 2. The molecule has 82 valence electrons. The molecule has 0 amide bonds. The van der Waals surface area contributed by atoms with E-state index in [0.29, 0.717) is 11.4 Å². The first-order valence-corrected chi connectivity index (χ1v) is 5.07. The van der Waals surface area contributed by atoms with E-state index in [1.807, 2.05) is 36.4 Å². The maximum atomic E-state index is 9.33. The van der Waals surface area contributed by atoms with Crippen LogP contribution in [0.4, 0.5) is 11.4 Å². The summed E-state index contributed by atoms with van der Waals surface area (Å²) in [5.41, 5.74) is 15.5. The lowest BCUT2D eigenvalue weighted by atomic mass is 9.97. The minimum absolute atomic E-state index is 0.0870. The lowest BCUT2D eigenvalue weighted by Gasteiger charge is -2.12. The topological polar surface area (TPSA) is 72.3 Å². The SMILES string of the molecule is Nc1ccccc1-c1cccc(N)c1CO. The molecule has 0 saturated heterocycles. The number of aliphatic hydroxyl groups is 1. The predicted molar refractivity (Wildman–Crippen MR) is 66.6 cm³/mol. The molecule has 0 spiro atoms. The molecule has 3 nitrogen and oxygen atoms in total. The standard InChI is InChI=1S/C13H14N2O/c14-12-6-2-1-4-10(12)9-5-3-7-13(15)11(9)8-16/h1-7,16H,8,14-15H2. The summed E-state index contributed by atoms with van der Waals surface area (Å²) in [5, 5.41) is 9.33. The summed E-state index contributed by atoms with van der Waals surface area (Å²) in [5.74, 6) is 0. The second-order valence-electron chi connectivity index (χ2n) is 3.62. The molecule has 0 fully saturated rings. The van der Waals surface area contributed by atoms with Gasteiger partial charge in [-0.2, -0.15) is 0 Å². The Morgan fingerprint density at radius 1 is 0.812 bits per heavy atom. The van der Waals surface area contributed by atoms with Crippen molar-refractivity contribution >= 4 is 11.4 Å². The van der Waals surface area contributed by atoms with Crippen LogP contribution < -0.4 is 11.5 Å². The molecular weight excluding hydrogens is 200 g/mol. The van der Waals surface area contributed by atoms with Gasteiger partial charge in [0.05, 0.1) is 6.61 Å². The number of para-hydroxylation sites is 1. The quantitative estimate of drug-likeness (QED) is 0.669. The van der Waals surface area contributed by atoms with E-state index in [1.165, 1.54) is 0 Å². The van der Waals surface area contributed by atoms with E-state index in [4.69, 9.17) is 11.5 Å². The average molecular weight is 214 g/mol. The number of nitrogen functional groups attached to an aromatic ring is 2. The van der Waals surface area contributed by atoms with Gasteiger partial charge in [0, 0.05) is 22.5 Å². The minimum atomic E-state index is -0.0870. The number of hydrogen-bond donors (Lipinski definition) is 3. The molecule has 0 bridgehead atoms. The summed E-state index contributed by atoms with van der Waals surface area (Å²) in [6, 6.07) is 13.1. The molecule has 0 aliphatic rings. The lowest BCUT2D eigenvalue weighted by molar-refractivity contribution is 0.283. The summed E-state index contributed by atoms with van der Waals surface area (Å²) in [6.07, 6.45) is 0. The van der Waals surface area contributed by atoms with Crippen LogP contribution >= 0.6 is 0 Å². The molecule has 0 aliphatic carbocycles. The second-order valence-corrected chi connectivity index (χ2v) is 3.62. The van der Waals surface area contributed by atoms with Crippen LogP contribution in [-0.4, -0.2) is 5.11 Å². The molecule has 5 N–H and O–H groups in total. The molecule has 0 atom stereocenters. The van der Waals surface area contributed by atoms with Gasteiger partial charge < -0.3 is 16.6 Å². The number of anilines is 2. The van der Waals surface area contributed by atoms with E-state index in [-0.39, 0.29) is 6.61 Å². The van der Waals surface area contributed by atoms with Gasteiger partial charge in [0.15, 0.2) is 0 Å². The molecular formula is C13H14N2O. The van der Waals surface area contributed by atoms with Crippen LogP contribution in [0.15, 0.2) is 42.5 Å². The fourth-order valence-electron chi connectivity index (χ4n) is 1.78. The van der Waals surface area contributed by atoms with Crippen molar-refractivity contribution in [3.63, 3.8) is 0 Å². The predicted octanol–water partition coefficient (Wildman–Crippen LogP) is 2.01. The third-order valence-electron chi connectivity index (χ3n) is 2.62. The maximum absolute atomic E-state index is 9.33. The van der Waals surface area contributed by atoms with Crippen LogP contribution in [0, 0.1) is 0 Å². The van der Waals surface area contributed by atoms with Gasteiger partial charge in [-0.25, -0.2) is 0 Å². The summed E-state index contributed by atoms with van der Waals surface area (Å²) in [7, 11) is 0. The third-order valence-corrected chi connectivity index (χ3v) is 2.62. The highest BCUT2D eigenvalue weighted by molar-refractivity contribution is 5.81. The molecule has 3 heteroatoms. The summed E-state index contributed by atoms with van der Waals surface area (Å²) < 4.78 is 0. The van der Waals surface area contributed by atoms with Crippen molar-refractivity contribution in [1.29, 1.82) is 0 Å². The highest BCUT2D eigenvalue weighted by atomic mass is 16.3. The van der Waals surface area contributed by atoms with E-state index < -0.39 is 0 Å². The van der Waals surface area contributed by atoms with Crippen LogP contribution in [0.5, 0.6) is 0 Å². The molecule has 0 heterocycles. The zero-order valence-electron chi connectivity index (χ0n) is 8.85. The highest BCUT2D eigenvalue weighted by Crippen LogP contribution is 2.31. The molecule has 0 unspecified atom stereocenters. The first-order valence-electron chi connectivity index (χ1n) is 5.07. The first-order chi connectivity index (χ1) is 7.74. The van der Waals surface area contributed by atoms with Crippen LogP contribution in [0.25, 0.3) is 11.1 Å². The fraction of sp³-hybridized carbons (Fsp3) is 0.0769. The molecule has 2 aromatic carbocycles. The van der Waals surface area contributed by atoms with Crippen LogP contribution in [0.3, 0.4) is 0 Å². The third kappa shape index (κ3) is 1.73. The van der Waals surface area contributed by atoms with E-state index in [9.17, 15) is 5.11 Å². The normalized spacial score (nSPS) is 10.3. The van der Waals surface area contributed by atoms with E-state index in [0.717, 1.165) is 16.7 Å². The van der Waals surface area contributed by atoms with Gasteiger partial charge in [-0.05, 0) is 17.7 Å². The summed E-state index contributed by atoms with van der Waals surface area (Å²) in [4.78, 5) is 0. The Hall–Kier alpha value is -2.00. The van der Waals surface area contributed by atoms with Crippen molar-refractivity contribution < 1.29 is 5.11 Å². The number of aliphatic hydroxyl groups excluding tert-OH is 1. The lowest BCUT2D eigenvalue weighted by Crippen LogP contribution is -1.98. The van der Waals surface area contributed by atoms with Gasteiger partial charge in [-0.3, -0.25) is 0 Å². The second kappa shape index (κ2) is 4.24. The Labute approximate surface area is 94.3 Å². The fourth-order valence-corrected chi connectivity index (χ4v) is 1.78. The van der Waals surface area contributed by atoms with Crippen LogP contribution in [-0.2, 0) is 6.61 Å². The Morgan fingerprint density at radius 3 is 2.12 bits per heavy atom. The van der Waals surface area contributed by atoms with Gasteiger partial charge in [0.2, 0.25) is 0 Å². The van der Waals surface area contributed by atoms with Crippen molar-refractivity contribution in [2.75, 3.05) is 11.5 Å². The Morgan fingerprint density at radius 2 is 1.44 bits per heavy atom. The smallest absolute Gasteiger partial charge is 0.0708 e. The molecule has 0 aromatic heterocycles. The number of hydrogen-bond acceptors (Lipinski definition) is 3. The maximum Gasteiger partial charge on any atom is 0.0708 e. The van der Waals surface area contributed by atoms with Gasteiger partial charge in [-0.15, -0.1) is 0 Å². The Kier molecular flexibility index (Phi) is 2.79. The van der Waals surface area contributed by atoms with Crippen molar-refractivity contribution in [3.05, 3.63) is 48.0 Å². The Bertz CT molecular complexity index is 509. The zero-order chi connectivity index (χ0) is 11.5. The Balaban J connectivity index is 2.65. The van der Waals surface area contributed by atoms with E-state index in [2.05, 4.69) is 0 Å². The minimum Gasteiger partial charge on any atom is -0.398 e. The highest BCUT2D eigenvalue weighted by Gasteiger charge is 2.09. The molecule has 2 rings (SSSR count).